The van der Waals surface area contributed by atoms with E-state index in [0.717, 1.165) is 29.8 Å². The number of nitrogens with one attached hydrogen (secondary N) is 1. The number of aromatic nitrogens is 3. The number of urea groups is 1. The van der Waals surface area contributed by atoms with E-state index in [1.807, 2.05) is 17.2 Å². The highest BCUT2D eigenvalue weighted by Gasteiger charge is 2.33. The van der Waals surface area contributed by atoms with Crippen molar-refractivity contribution < 1.29 is 4.79 Å². The number of H-pyrrole nitrogens is 1. The summed E-state index contributed by atoms with van der Waals surface area (Å²) < 4.78 is 0. The van der Waals surface area contributed by atoms with Gasteiger partial charge in [-0.25, -0.2) is 14.8 Å². The predicted molar refractivity (Wildman–Crippen MR) is 90.5 cm³/mol. The van der Waals surface area contributed by atoms with Crippen LogP contribution in [0, 0.1) is 5.92 Å². The molecule has 0 saturated carbocycles. The van der Waals surface area contributed by atoms with Gasteiger partial charge in [-0.05, 0) is 18.4 Å². The first-order valence-corrected chi connectivity index (χ1v) is 7.96. The predicted octanol–water partition coefficient (Wildman–Crippen LogP) is 1.79. The van der Waals surface area contributed by atoms with Crippen LogP contribution in [-0.2, 0) is 0 Å². The molecule has 1 aliphatic rings. The molecule has 2 atom stereocenters. The summed E-state index contributed by atoms with van der Waals surface area (Å²) in [6.07, 6.45) is 4.46. The first kappa shape index (κ1) is 15.6. The van der Waals surface area contributed by atoms with Crippen LogP contribution in [0.1, 0.15) is 13.3 Å². The van der Waals surface area contributed by atoms with Crippen molar-refractivity contribution in [2.75, 3.05) is 39.1 Å². The number of aromatic amines is 1. The van der Waals surface area contributed by atoms with Crippen molar-refractivity contribution in [1.82, 2.24) is 24.8 Å². The highest BCUT2D eigenvalue weighted by molar-refractivity contribution is 5.87. The third kappa shape index (κ3) is 2.83. The van der Waals surface area contributed by atoms with Crippen molar-refractivity contribution in [3.8, 4) is 0 Å². The summed E-state index contributed by atoms with van der Waals surface area (Å²) in [5.74, 6) is 1.41. The molecule has 0 aliphatic carbocycles. The average molecular weight is 316 g/mol. The van der Waals surface area contributed by atoms with Gasteiger partial charge in [0.15, 0.2) is 0 Å². The molecule has 124 valence electrons. The molecule has 0 radical (unpaired) electrons. The molecule has 1 aliphatic heterocycles. The molecule has 7 heteroatoms. The average Bonchev–Trinajstić information content (AvgIpc) is 3.02. The van der Waals surface area contributed by atoms with Crippen LogP contribution in [0.2, 0.25) is 0 Å². The van der Waals surface area contributed by atoms with Crippen LogP contribution in [0.25, 0.3) is 11.0 Å². The monoisotopic (exact) mass is 316 g/mol. The summed E-state index contributed by atoms with van der Waals surface area (Å²) in [7, 11) is 5.65. The Morgan fingerprint density at radius 2 is 2.13 bits per heavy atom. The van der Waals surface area contributed by atoms with Crippen LogP contribution in [0.3, 0.4) is 0 Å². The van der Waals surface area contributed by atoms with Crippen LogP contribution in [0.5, 0.6) is 0 Å². The zero-order valence-electron chi connectivity index (χ0n) is 14.2. The van der Waals surface area contributed by atoms with Gasteiger partial charge >= 0.3 is 6.03 Å². The van der Waals surface area contributed by atoms with Gasteiger partial charge in [0.2, 0.25) is 0 Å². The number of piperidine rings is 1. The van der Waals surface area contributed by atoms with E-state index in [0.29, 0.717) is 12.5 Å². The lowest BCUT2D eigenvalue weighted by molar-refractivity contribution is 0.140. The molecule has 2 aromatic heterocycles. The molecule has 1 N–H and O–H groups in total. The van der Waals surface area contributed by atoms with E-state index >= 15 is 0 Å². The third-order valence-electron chi connectivity index (χ3n) is 4.74. The van der Waals surface area contributed by atoms with Gasteiger partial charge in [0.25, 0.3) is 0 Å². The van der Waals surface area contributed by atoms with E-state index in [4.69, 9.17) is 0 Å². The fraction of sp³-hybridized carbons (Fsp3) is 0.562. The molecule has 3 rings (SSSR count). The normalized spacial score (nSPS) is 21.5. The van der Waals surface area contributed by atoms with Gasteiger partial charge in [-0.1, -0.05) is 6.92 Å². The number of likely N-dealkylation sites (tertiary alicyclic amines) is 1. The van der Waals surface area contributed by atoms with Crippen LogP contribution in [0.4, 0.5) is 10.6 Å². The van der Waals surface area contributed by atoms with Crippen molar-refractivity contribution in [3.05, 3.63) is 18.6 Å². The van der Waals surface area contributed by atoms with Gasteiger partial charge in [-0.2, -0.15) is 0 Å². The van der Waals surface area contributed by atoms with E-state index in [1.165, 1.54) is 0 Å². The molecular weight excluding hydrogens is 292 g/mol. The number of anilines is 1. The maximum Gasteiger partial charge on any atom is 0.319 e. The van der Waals surface area contributed by atoms with Gasteiger partial charge in [0.05, 0.1) is 11.4 Å². The molecule has 2 unspecified atom stereocenters. The van der Waals surface area contributed by atoms with Crippen molar-refractivity contribution in [2.45, 2.75) is 19.4 Å². The Hall–Kier alpha value is -2.31. The number of fused-ring (bicyclic) bond motifs is 1. The van der Waals surface area contributed by atoms with E-state index in [-0.39, 0.29) is 12.1 Å². The van der Waals surface area contributed by atoms with Crippen LogP contribution in [-0.4, -0.2) is 71.1 Å². The Bertz CT molecular complexity index is 697. The number of carbonyl (C=O) groups excluding carboxylic acids is 1. The molecule has 7 nitrogen and oxygen atoms in total. The summed E-state index contributed by atoms with van der Waals surface area (Å²) in [6, 6.07) is 2.31. The molecule has 2 amide bonds. The summed E-state index contributed by atoms with van der Waals surface area (Å²) >= 11 is 0. The Labute approximate surface area is 136 Å². The molecule has 1 fully saturated rings. The lowest BCUT2D eigenvalue weighted by atomic mass is 9.92. The number of likely N-dealkylation sites (N-methyl/N-ethyl adjacent to an activating group) is 1. The minimum absolute atomic E-state index is 0.0739. The third-order valence-corrected chi connectivity index (χ3v) is 4.74. The SMILES string of the molecule is CC1CCN(C(=O)N(C)C)CC1N(C)c1ncnc2[nH]ccc12. The quantitative estimate of drug-likeness (QED) is 0.917. The topological polar surface area (TPSA) is 68.4 Å². The fourth-order valence-electron chi connectivity index (χ4n) is 3.31. The van der Waals surface area contributed by atoms with Crippen molar-refractivity contribution in [1.29, 1.82) is 0 Å². The lowest BCUT2D eigenvalue weighted by Crippen LogP contribution is -2.54. The Kier molecular flexibility index (Phi) is 4.11. The minimum Gasteiger partial charge on any atom is -0.354 e. The van der Waals surface area contributed by atoms with E-state index < -0.39 is 0 Å². The van der Waals surface area contributed by atoms with E-state index in [9.17, 15) is 4.79 Å². The zero-order valence-corrected chi connectivity index (χ0v) is 14.2. The highest BCUT2D eigenvalue weighted by atomic mass is 16.2. The van der Waals surface area contributed by atoms with Gasteiger partial charge in [-0.3, -0.25) is 0 Å². The Balaban J connectivity index is 1.86. The summed E-state index contributed by atoms with van der Waals surface area (Å²) in [5, 5.41) is 1.01. The maximum absolute atomic E-state index is 12.3. The molecular formula is C16H24N6O. The molecule has 0 aromatic carbocycles. The number of carbonyl (C=O) groups is 1. The Morgan fingerprint density at radius 1 is 1.35 bits per heavy atom. The number of hydrogen-bond acceptors (Lipinski definition) is 4. The lowest BCUT2D eigenvalue weighted by Gasteiger charge is -2.42. The first-order valence-electron chi connectivity index (χ1n) is 7.96. The summed E-state index contributed by atoms with van der Waals surface area (Å²) in [4.78, 5) is 29.9. The van der Waals surface area contributed by atoms with Gasteiger partial charge in [0, 0.05) is 40.4 Å². The van der Waals surface area contributed by atoms with Crippen molar-refractivity contribution >= 4 is 22.9 Å². The van der Waals surface area contributed by atoms with Crippen molar-refractivity contribution in [2.24, 2.45) is 5.92 Å². The highest BCUT2D eigenvalue weighted by Crippen LogP contribution is 2.28. The van der Waals surface area contributed by atoms with Crippen LogP contribution in [0.15, 0.2) is 18.6 Å². The number of rotatable bonds is 2. The zero-order chi connectivity index (χ0) is 16.6. The number of hydrogen-bond donors (Lipinski definition) is 1. The summed E-state index contributed by atoms with van der Waals surface area (Å²) in [5.41, 5.74) is 0.839. The van der Waals surface area contributed by atoms with Gasteiger partial charge < -0.3 is 19.7 Å². The van der Waals surface area contributed by atoms with Gasteiger partial charge in [-0.15, -0.1) is 0 Å². The second-order valence-corrected chi connectivity index (χ2v) is 6.50. The Morgan fingerprint density at radius 3 is 2.87 bits per heavy atom. The molecule has 23 heavy (non-hydrogen) atoms. The summed E-state index contributed by atoms with van der Waals surface area (Å²) in [6.45, 7) is 3.77. The molecule has 1 saturated heterocycles. The van der Waals surface area contributed by atoms with Crippen LogP contribution < -0.4 is 4.90 Å². The molecule has 2 aromatic rings. The maximum atomic E-state index is 12.3. The second-order valence-electron chi connectivity index (χ2n) is 6.50. The fourth-order valence-corrected chi connectivity index (χ4v) is 3.31. The van der Waals surface area contributed by atoms with E-state index in [2.05, 4.69) is 33.8 Å². The van der Waals surface area contributed by atoms with Crippen LogP contribution >= 0.6 is 0 Å². The van der Waals surface area contributed by atoms with Crippen molar-refractivity contribution in [3.63, 3.8) is 0 Å². The standard InChI is InChI=1S/C16H24N6O/c1-11-6-8-22(16(23)20(2)3)9-13(11)21(4)15-12-5-7-17-14(12)18-10-19-15/h5,7,10-11,13H,6,8-9H2,1-4H3,(H,17,18,19). The minimum atomic E-state index is 0.0739. The largest absolute Gasteiger partial charge is 0.354 e. The molecule has 3 heterocycles. The number of amides is 2. The van der Waals surface area contributed by atoms with E-state index in [1.54, 1.807) is 25.3 Å². The smallest absolute Gasteiger partial charge is 0.319 e. The first-order chi connectivity index (χ1) is 11.0. The molecule has 0 bridgehead atoms. The van der Waals surface area contributed by atoms with Gasteiger partial charge in [0.1, 0.15) is 17.8 Å². The molecule has 0 spiro atoms. The number of nitrogens with zero attached hydrogens (tertiary/aromatic N) is 5. The second kappa shape index (κ2) is 6.06.